The number of ether oxygens (including phenoxy) is 1. The van der Waals surface area contributed by atoms with Crippen LogP contribution in [0.3, 0.4) is 0 Å². The zero-order valence-electron chi connectivity index (χ0n) is 6.29. The van der Waals surface area contributed by atoms with Gasteiger partial charge in [-0.1, -0.05) is 0 Å². The van der Waals surface area contributed by atoms with E-state index >= 15 is 0 Å². The summed E-state index contributed by atoms with van der Waals surface area (Å²) in [4.78, 5) is 0. The quantitative estimate of drug-likeness (QED) is 0.638. The van der Waals surface area contributed by atoms with Crippen molar-refractivity contribution in [2.75, 3.05) is 12.4 Å². The van der Waals surface area contributed by atoms with E-state index in [0.29, 0.717) is 12.6 Å². The average molecular weight is 163 g/mol. The highest BCUT2D eigenvalue weighted by Gasteiger charge is 2.24. The van der Waals surface area contributed by atoms with E-state index in [9.17, 15) is 4.21 Å². The SMILES string of the molecule is CC(C)OCC1CS(=O)N1. The van der Waals surface area contributed by atoms with E-state index in [1.165, 1.54) is 0 Å². The van der Waals surface area contributed by atoms with Crippen LogP contribution in [0.15, 0.2) is 0 Å². The molecule has 0 bridgehead atoms. The smallest absolute Gasteiger partial charge is 0.0936 e. The summed E-state index contributed by atoms with van der Waals surface area (Å²) < 4.78 is 18.6. The molecule has 1 heterocycles. The van der Waals surface area contributed by atoms with E-state index in [1.54, 1.807) is 0 Å². The van der Waals surface area contributed by atoms with Gasteiger partial charge in [0.25, 0.3) is 0 Å². The molecule has 0 saturated carbocycles. The van der Waals surface area contributed by atoms with Gasteiger partial charge in [0.2, 0.25) is 0 Å². The predicted octanol–water partition coefficient (Wildman–Crippen LogP) is 0.0469. The monoisotopic (exact) mass is 163 g/mol. The van der Waals surface area contributed by atoms with Crippen LogP contribution in [-0.2, 0) is 15.7 Å². The minimum Gasteiger partial charge on any atom is -0.377 e. The van der Waals surface area contributed by atoms with Crippen LogP contribution < -0.4 is 4.72 Å². The lowest BCUT2D eigenvalue weighted by molar-refractivity contribution is 0.0667. The Morgan fingerprint density at radius 2 is 2.40 bits per heavy atom. The molecule has 60 valence electrons. The van der Waals surface area contributed by atoms with Crippen molar-refractivity contribution in [2.45, 2.75) is 26.0 Å². The van der Waals surface area contributed by atoms with Crippen molar-refractivity contribution in [1.82, 2.24) is 4.72 Å². The van der Waals surface area contributed by atoms with Gasteiger partial charge in [-0.05, 0) is 13.8 Å². The summed E-state index contributed by atoms with van der Waals surface area (Å²) in [5.41, 5.74) is 0. The summed E-state index contributed by atoms with van der Waals surface area (Å²) in [6.07, 6.45) is 0.274. The Hall–Kier alpha value is 0.0700. The first kappa shape index (κ1) is 8.17. The highest BCUT2D eigenvalue weighted by atomic mass is 32.2. The third-order valence-corrected chi connectivity index (χ3v) is 2.58. The van der Waals surface area contributed by atoms with Gasteiger partial charge in [0, 0.05) is 0 Å². The molecule has 0 aromatic heterocycles. The van der Waals surface area contributed by atoms with Crippen LogP contribution in [0.2, 0.25) is 0 Å². The Labute approximate surface area is 63.7 Å². The summed E-state index contributed by atoms with van der Waals surface area (Å²) in [6, 6.07) is 0.322. The topological polar surface area (TPSA) is 38.3 Å². The van der Waals surface area contributed by atoms with Crippen LogP contribution in [0.4, 0.5) is 0 Å². The highest BCUT2D eigenvalue weighted by molar-refractivity contribution is 7.84. The zero-order chi connectivity index (χ0) is 7.56. The minimum atomic E-state index is -0.767. The summed E-state index contributed by atoms with van der Waals surface area (Å²) in [7, 11) is -0.767. The van der Waals surface area contributed by atoms with Gasteiger partial charge in [0.1, 0.15) is 0 Å². The highest BCUT2D eigenvalue weighted by Crippen LogP contribution is 2.02. The molecule has 2 atom stereocenters. The third kappa shape index (κ3) is 2.36. The first-order valence-corrected chi connectivity index (χ1v) is 4.76. The van der Waals surface area contributed by atoms with Crippen molar-refractivity contribution in [2.24, 2.45) is 0 Å². The summed E-state index contributed by atoms with van der Waals surface area (Å²) in [5.74, 6) is 0.743. The van der Waals surface area contributed by atoms with Gasteiger partial charge in [0.05, 0.1) is 35.5 Å². The maximum atomic E-state index is 10.5. The van der Waals surface area contributed by atoms with Crippen LogP contribution in [0, 0.1) is 0 Å². The van der Waals surface area contributed by atoms with E-state index in [-0.39, 0.29) is 6.10 Å². The predicted molar refractivity (Wildman–Crippen MR) is 41.0 cm³/mol. The molecule has 1 aliphatic rings. The van der Waals surface area contributed by atoms with E-state index < -0.39 is 11.0 Å². The van der Waals surface area contributed by atoms with Gasteiger partial charge in [0.15, 0.2) is 0 Å². The average Bonchev–Trinajstić information content (AvgIpc) is 1.77. The first-order valence-electron chi connectivity index (χ1n) is 3.44. The molecule has 3 nitrogen and oxygen atoms in total. The summed E-state index contributed by atoms with van der Waals surface area (Å²) in [5, 5.41) is 0. The van der Waals surface area contributed by atoms with Crippen LogP contribution in [-0.4, -0.2) is 28.7 Å². The maximum absolute atomic E-state index is 10.5. The van der Waals surface area contributed by atoms with Crippen LogP contribution in [0.1, 0.15) is 13.8 Å². The van der Waals surface area contributed by atoms with E-state index in [0.717, 1.165) is 5.75 Å². The minimum absolute atomic E-state index is 0.274. The Morgan fingerprint density at radius 3 is 2.80 bits per heavy atom. The molecule has 10 heavy (non-hydrogen) atoms. The number of rotatable bonds is 3. The van der Waals surface area contributed by atoms with Gasteiger partial charge in [-0.25, -0.2) is 8.93 Å². The van der Waals surface area contributed by atoms with Crippen molar-refractivity contribution in [3.8, 4) is 0 Å². The van der Waals surface area contributed by atoms with Crippen molar-refractivity contribution < 1.29 is 8.95 Å². The van der Waals surface area contributed by atoms with Crippen molar-refractivity contribution in [1.29, 1.82) is 0 Å². The number of hydrogen-bond donors (Lipinski definition) is 1. The fourth-order valence-corrected chi connectivity index (χ4v) is 1.61. The Bertz CT molecular complexity index is 130. The van der Waals surface area contributed by atoms with Crippen molar-refractivity contribution in [3.63, 3.8) is 0 Å². The van der Waals surface area contributed by atoms with E-state index in [4.69, 9.17) is 4.74 Å². The molecule has 2 unspecified atom stereocenters. The molecule has 4 heteroatoms. The molecule has 1 fully saturated rings. The lowest BCUT2D eigenvalue weighted by Crippen LogP contribution is -2.51. The van der Waals surface area contributed by atoms with Crippen LogP contribution >= 0.6 is 0 Å². The second-order valence-electron chi connectivity index (χ2n) is 2.71. The second kappa shape index (κ2) is 3.46. The molecule has 0 aromatic carbocycles. The van der Waals surface area contributed by atoms with Gasteiger partial charge in [-0.3, -0.25) is 0 Å². The summed E-state index contributed by atoms with van der Waals surface area (Å²) >= 11 is 0. The molecule has 0 radical (unpaired) electrons. The van der Waals surface area contributed by atoms with Gasteiger partial charge in [-0.15, -0.1) is 0 Å². The molecule has 0 aliphatic carbocycles. The standard InChI is InChI=1S/C6H13NO2S/c1-5(2)9-3-6-4-10(8)7-6/h5-7H,3-4H2,1-2H3. The molecule has 0 spiro atoms. The lowest BCUT2D eigenvalue weighted by Gasteiger charge is -2.26. The molecule has 1 aliphatic heterocycles. The molecule has 0 aromatic rings. The summed E-state index contributed by atoms with van der Waals surface area (Å²) in [6.45, 7) is 4.68. The van der Waals surface area contributed by atoms with Gasteiger partial charge < -0.3 is 4.74 Å². The molecule has 1 saturated heterocycles. The molecule has 1 rings (SSSR count). The Balaban J connectivity index is 2.00. The lowest BCUT2D eigenvalue weighted by atomic mass is 10.4. The largest absolute Gasteiger partial charge is 0.377 e. The molecule has 1 N–H and O–H groups in total. The maximum Gasteiger partial charge on any atom is 0.0936 e. The Morgan fingerprint density at radius 1 is 1.80 bits per heavy atom. The third-order valence-electron chi connectivity index (χ3n) is 1.28. The fraction of sp³-hybridized carbons (Fsp3) is 1.00. The van der Waals surface area contributed by atoms with Crippen LogP contribution in [0.5, 0.6) is 0 Å². The van der Waals surface area contributed by atoms with Crippen LogP contribution in [0.25, 0.3) is 0 Å². The van der Waals surface area contributed by atoms with Crippen molar-refractivity contribution in [3.05, 3.63) is 0 Å². The Kier molecular flexibility index (Phi) is 2.82. The second-order valence-corrected chi connectivity index (χ2v) is 3.97. The molecule has 0 amide bonds. The van der Waals surface area contributed by atoms with Gasteiger partial charge in [-0.2, -0.15) is 0 Å². The van der Waals surface area contributed by atoms with Gasteiger partial charge >= 0.3 is 0 Å². The first-order chi connectivity index (χ1) is 4.68. The van der Waals surface area contributed by atoms with Crippen molar-refractivity contribution >= 4 is 11.0 Å². The van der Waals surface area contributed by atoms with E-state index in [1.807, 2.05) is 13.8 Å². The number of nitrogens with one attached hydrogen (secondary N) is 1. The fourth-order valence-electron chi connectivity index (χ4n) is 0.742. The molecular formula is C6H13NO2S. The van der Waals surface area contributed by atoms with E-state index in [2.05, 4.69) is 4.72 Å². The normalized spacial score (nSPS) is 32.3. The number of hydrogen-bond acceptors (Lipinski definition) is 2. The molecular weight excluding hydrogens is 150 g/mol. The zero-order valence-corrected chi connectivity index (χ0v) is 7.11.